The van der Waals surface area contributed by atoms with Gasteiger partial charge in [0.05, 0.1) is 0 Å². The van der Waals surface area contributed by atoms with Crippen LogP contribution in [0, 0.1) is 5.41 Å². The third kappa shape index (κ3) is 3.93. The molecule has 1 heterocycles. The van der Waals surface area contributed by atoms with Crippen molar-refractivity contribution in [1.82, 2.24) is 0 Å². The Morgan fingerprint density at radius 1 is 1.33 bits per heavy atom. The van der Waals surface area contributed by atoms with Gasteiger partial charge in [-0.15, -0.1) is 0 Å². The molecule has 0 radical (unpaired) electrons. The van der Waals surface area contributed by atoms with Crippen molar-refractivity contribution in [2.24, 2.45) is 10.4 Å². The van der Waals surface area contributed by atoms with Crippen molar-refractivity contribution >= 4 is 5.90 Å². The van der Waals surface area contributed by atoms with Gasteiger partial charge in [-0.1, -0.05) is 20.8 Å². The van der Waals surface area contributed by atoms with Crippen LogP contribution in [0.3, 0.4) is 0 Å². The Hall–Kier alpha value is -1.00. The summed E-state index contributed by atoms with van der Waals surface area (Å²) in [4.78, 5) is 3.82. The first-order valence-electron chi connectivity index (χ1n) is 4.64. The molecule has 0 aliphatic carbocycles. The average molecular weight is 221 g/mol. The minimum atomic E-state index is -4.30. The highest BCUT2D eigenvalue weighted by Gasteiger charge is 2.30. The minimum absolute atomic E-state index is 0.0765. The van der Waals surface area contributed by atoms with Crippen LogP contribution >= 0.6 is 0 Å². The first-order chi connectivity index (χ1) is 6.68. The Balaban J connectivity index is 2.41. The second-order valence-corrected chi connectivity index (χ2v) is 4.51. The van der Waals surface area contributed by atoms with E-state index in [1.54, 1.807) is 6.20 Å². The molecule has 0 spiro atoms. The van der Waals surface area contributed by atoms with E-state index >= 15 is 0 Å². The number of halogens is 3. The van der Waals surface area contributed by atoms with Gasteiger partial charge in [0.25, 0.3) is 0 Å². The summed E-state index contributed by atoms with van der Waals surface area (Å²) in [6.45, 7) is 4.69. The molecule has 86 valence electrons. The van der Waals surface area contributed by atoms with Gasteiger partial charge in [0.15, 0.2) is 12.5 Å². The smallest absolute Gasteiger partial charge is 0.422 e. The van der Waals surface area contributed by atoms with Crippen LogP contribution in [0.5, 0.6) is 0 Å². The molecular formula is C10H14F3NO. The van der Waals surface area contributed by atoms with Gasteiger partial charge in [-0.2, -0.15) is 13.2 Å². The van der Waals surface area contributed by atoms with E-state index in [9.17, 15) is 13.2 Å². The van der Waals surface area contributed by atoms with Crippen molar-refractivity contribution < 1.29 is 17.9 Å². The highest BCUT2D eigenvalue weighted by Crippen LogP contribution is 2.31. The third-order valence-corrected chi connectivity index (χ3v) is 2.07. The molecule has 0 saturated carbocycles. The fourth-order valence-corrected chi connectivity index (χ4v) is 1.12. The number of hydrogen-bond donors (Lipinski definition) is 0. The van der Waals surface area contributed by atoms with Crippen LogP contribution < -0.4 is 0 Å². The van der Waals surface area contributed by atoms with Crippen LogP contribution in [0.25, 0.3) is 0 Å². The first kappa shape index (κ1) is 12.1. The van der Waals surface area contributed by atoms with E-state index in [4.69, 9.17) is 0 Å². The van der Waals surface area contributed by atoms with Crippen LogP contribution in [0.15, 0.2) is 16.8 Å². The molecule has 15 heavy (non-hydrogen) atoms. The lowest BCUT2D eigenvalue weighted by Gasteiger charge is -2.19. The molecule has 0 amide bonds. The zero-order valence-electron chi connectivity index (χ0n) is 8.98. The largest absolute Gasteiger partial charge is 0.471 e. The van der Waals surface area contributed by atoms with Gasteiger partial charge in [-0.3, -0.25) is 0 Å². The van der Waals surface area contributed by atoms with Crippen molar-refractivity contribution in [3.05, 3.63) is 11.8 Å². The molecule has 0 aromatic heterocycles. The van der Waals surface area contributed by atoms with Crippen molar-refractivity contribution in [2.75, 3.05) is 6.61 Å². The zero-order chi connectivity index (χ0) is 11.7. The molecule has 0 N–H and O–H groups in total. The zero-order valence-corrected chi connectivity index (χ0v) is 8.98. The number of hydrogen-bond acceptors (Lipinski definition) is 2. The van der Waals surface area contributed by atoms with Crippen LogP contribution in [-0.4, -0.2) is 18.7 Å². The average Bonchev–Trinajstić information content (AvgIpc) is 2.45. The maximum Gasteiger partial charge on any atom is 0.422 e. The molecule has 1 aliphatic heterocycles. The second-order valence-electron chi connectivity index (χ2n) is 4.51. The van der Waals surface area contributed by atoms with Gasteiger partial charge in [-0.05, 0) is 11.0 Å². The van der Waals surface area contributed by atoms with Gasteiger partial charge < -0.3 is 4.74 Å². The molecule has 1 rings (SSSR count). The topological polar surface area (TPSA) is 21.6 Å². The standard InChI is InChI=1S/C10H14F3NO/c1-9(2,3)7-4-8(14-5-7)15-6-10(11,12)13/h5H,4,6H2,1-3H3. The van der Waals surface area contributed by atoms with E-state index in [1.165, 1.54) is 0 Å². The van der Waals surface area contributed by atoms with Gasteiger partial charge in [0.2, 0.25) is 0 Å². The van der Waals surface area contributed by atoms with Crippen molar-refractivity contribution in [3.8, 4) is 0 Å². The highest BCUT2D eigenvalue weighted by atomic mass is 19.4. The van der Waals surface area contributed by atoms with Gasteiger partial charge in [0.1, 0.15) is 0 Å². The Morgan fingerprint density at radius 2 is 1.93 bits per heavy atom. The fourth-order valence-electron chi connectivity index (χ4n) is 1.12. The summed E-state index contributed by atoms with van der Waals surface area (Å²) in [5.41, 5.74) is 0.909. The number of aliphatic imine (C=N–C) groups is 1. The molecule has 0 saturated heterocycles. The molecule has 2 nitrogen and oxygen atoms in total. The number of alkyl halides is 3. The molecule has 0 atom stereocenters. The minimum Gasteiger partial charge on any atom is -0.471 e. The van der Waals surface area contributed by atoms with E-state index in [-0.39, 0.29) is 11.3 Å². The summed E-state index contributed by atoms with van der Waals surface area (Å²) in [6, 6.07) is 0. The van der Waals surface area contributed by atoms with Crippen molar-refractivity contribution in [2.45, 2.75) is 33.4 Å². The van der Waals surface area contributed by atoms with Gasteiger partial charge in [-0.25, -0.2) is 4.99 Å². The van der Waals surface area contributed by atoms with E-state index < -0.39 is 12.8 Å². The molecule has 0 unspecified atom stereocenters. The second kappa shape index (κ2) is 3.87. The van der Waals surface area contributed by atoms with Gasteiger partial charge in [0, 0.05) is 12.6 Å². The summed E-state index contributed by atoms with van der Waals surface area (Å²) in [5, 5.41) is 0. The number of rotatable bonds is 1. The molecular weight excluding hydrogens is 207 g/mol. The molecule has 0 aromatic carbocycles. The Morgan fingerprint density at radius 3 is 2.33 bits per heavy atom. The Kier molecular flexibility index (Phi) is 3.11. The lowest BCUT2D eigenvalue weighted by atomic mass is 9.86. The van der Waals surface area contributed by atoms with Crippen molar-refractivity contribution in [1.29, 1.82) is 0 Å². The fraction of sp³-hybridized carbons (Fsp3) is 0.700. The SMILES string of the molecule is CC(C)(C)C1=CN=C(OCC(F)(F)F)C1. The lowest BCUT2D eigenvalue weighted by Crippen LogP contribution is -2.20. The lowest BCUT2D eigenvalue weighted by molar-refractivity contribution is -0.156. The summed E-state index contributed by atoms with van der Waals surface area (Å²) in [7, 11) is 0. The van der Waals surface area contributed by atoms with E-state index in [2.05, 4.69) is 9.73 Å². The molecule has 0 fully saturated rings. The van der Waals surface area contributed by atoms with E-state index in [0.717, 1.165) is 5.57 Å². The molecule has 5 heteroatoms. The Labute approximate surface area is 86.8 Å². The maximum atomic E-state index is 11.8. The van der Waals surface area contributed by atoms with E-state index in [0.29, 0.717) is 6.42 Å². The van der Waals surface area contributed by atoms with Gasteiger partial charge >= 0.3 is 6.18 Å². The van der Waals surface area contributed by atoms with Crippen LogP contribution in [0.4, 0.5) is 13.2 Å². The third-order valence-electron chi connectivity index (χ3n) is 2.07. The summed E-state index contributed by atoms with van der Waals surface area (Å²) < 4.78 is 40.1. The predicted molar refractivity (Wildman–Crippen MR) is 51.6 cm³/mol. The van der Waals surface area contributed by atoms with Crippen LogP contribution in [0.2, 0.25) is 0 Å². The highest BCUT2D eigenvalue weighted by molar-refractivity contribution is 5.82. The normalized spacial score (nSPS) is 17.5. The first-order valence-corrected chi connectivity index (χ1v) is 4.64. The molecule has 0 bridgehead atoms. The number of ether oxygens (including phenoxy) is 1. The van der Waals surface area contributed by atoms with Crippen LogP contribution in [-0.2, 0) is 4.74 Å². The van der Waals surface area contributed by atoms with Crippen LogP contribution in [0.1, 0.15) is 27.2 Å². The predicted octanol–water partition coefficient (Wildman–Crippen LogP) is 3.30. The van der Waals surface area contributed by atoms with Crippen molar-refractivity contribution in [3.63, 3.8) is 0 Å². The monoisotopic (exact) mass is 221 g/mol. The Bertz CT molecular complexity index is 297. The summed E-state index contributed by atoms with van der Waals surface area (Å²) in [5.74, 6) is 0.150. The van der Waals surface area contributed by atoms with E-state index in [1.807, 2.05) is 20.8 Å². The quantitative estimate of drug-likeness (QED) is 0.665. The maximum absolute atomic E-state index is 11.8. The summed E-state index contributed by atoms with van der Waals surface area (Å²) >= 11 is 0. The molecule has 1 aliphatic rings. The number of nitrogens with zero attached hydrogens (tertiary/aromatic N) is 1. The summed E-state index contributed by atoms with van der Waals surface area (Å²) in [6.07, 6.45) is -2.34. The molecule has 0 aromatic rings.